The van der Waals surface area contributed by atoms with E-state index in [-0.39, 0.29) is 30.8 Å². The minimum atomic E-state index is -3.29. The summed E-state index contributed by atoms with van der Waals surface area (Å²) in [7, 11) is -3.29. The second-order valence-electron chi connectivity index (χ2n) is 5.21. The van der Waals surface area contributed by atoms with E-state index in [4.69, 9.17) is 32.2 Å². The highest BCUT2D eigenvalue weighted by molar-refractivity contribution is 9.08. The molecule has 0 saturated heterocycles. The molecule has 0 spiro atoms. The van der Waals surface area contributed by atoms with Gasteiger partial charge in [-0.1, -0.05) is 39.1 Å². The van der Waals surface area contributed by atoms with Gasteiger partial charge in [0.1, 0.15) is 11.6 Å². The summed E-state index contributed by atoms with van der Waals surface area (Å²) in [5, 5.41) is 1.45. The molecule has 9 heteroatoms. The summed E-state index contributed by atoms with van der Waals surface area (Å²) >= 11 is 14.5. The van der Waals surface area contributed by atoms with Gasteiger partial charge in [-0.25, -0.2) is 8.78 Å². The van der Waals surface area contributed by atoms with E-state index < -0.39 is 13.4 Å². The van der Waals surface area contributed by atoms with Crippen molar-refractivity contribution in [3.8, 4) is 0 Å². The minimum Gasteiger partial charge on any atom is -0.309 e. The molecule has 0 heterocycles. The molecule has 0 aliphatic rings. The second kappa shape index (κ2) is 12.2. The number of alkyl halides is 1. The third-order valence-corrected chi connectivity index (χ3v) is 6.28. The number of benzene rings is 2. The molecule has 0 aliphatic carbocycles. The zero-order valence-electron chi connectivity index (χ0n) is 14.9. The lowest BCUT2D eigenvalue weighted by atomic mass is 10.2. The second-order valence-corrected chi connectivity index (χ2v) is 8.70. The van der Waals surface area contributed by atoms with Crippen molar-refractivity contribution in [2.45, 2.75) is 25.3 Å². The fourth-order valence-corrected chi connectivity index (χ4v) is 4.56. The van der Waals surface area contributed by atoms with Gasteiger partial charge in [0.15, 0.2) is 0 Å². The van der Waals surface area contributed by atoms with Gasteiger partial charge in [0.25, 0.3) is 0 Å². The smallest absolute Gasteiger partial charge is 0.309 e. The van der Waals surface area contributed by atoms with Crippen LogP contribution in [0.3, 0.4) is 0 Å². The number of hydrogen-bond donors (Lipinski definition) is 0. The first-order valence-corrected chi connectivity index (χ1v) is 11.7. The number of rotatable bonds is 7. The van der Waals surface area contributed by atoms with E-state index in [9.17, 15) is 13.3 Å². The molecule has 0 saturated carbocycles. The van der Waals surface area contributed by atoms with Crippen molar-refractivity contribution in [2.24, 2.45) is 0 Å². The molecule has 2 rings (SSSR count). The van der Waals surface area contributed by atoms with Crippen LogP contribution in [0.4, 0.5) is 8.78 Å². The van der Waals surface area contributed by atoms with Crippen molar-refractivity contribution in [1.29, 1.82) is 0 Å². The maximum atomic E-state index is 13.5. The van der Waals surface area contributed by atoms with Crippen molar-refractivity contribution >= 4 is 46.7 Å². The topological polar surface area (TPSA) is 35.5 Å². The Morgan fingerprint density at radius 3 is 1.78 bits per heavy atom. The molecule has 0 unspecified atom stereocenters. The van der Waals surface area contributed by atoms with Crippen molar-refractivity contribution in [2.75, 3.05) is 13.2 Å². The molecule has 150 valence electrons. The Kier molecular flexibility index (Phi) is 11.0. The lowest BCUT2D eigenvalue weighted by molar-refractivity contribution is 0.219. The SMILES string of the molecule is CCOP(=O)(Cc1cc(Cl)ccc1F)OCC.Fc1ccc(Cl)cc1CBr. The maximum Gasteiger partial charge on any atom is 0.335 e. The highest BCUT2D eigenvalue weighted by Gasteiger charge is 2.25. The summed E-state index contributed by atoms with van der Waals surface area (Å²) in [6.45, 7) is 3.92. The van der Waals surface area contributed by atoms with E-state index in [1.807, 2.05) is 0 Å². The molecule has 0 bridgehead atoms. The van der Waals surface area contributed by atoms with Crippen LogP contribution in [0.1, 0.15) is 25.0 Å². The average Bonchev–Trinajstić information content (AvgIpc) is 2.61. The van der Waals surface area contributed by atoms with Gasteiger partial charge in [-0.15, -0.1) is 0 Å². The van der Waals surface area contributed by atoms with E-state index in [2.05, 4.69) is 15.9 Å². The van der Waals surface area contributed by atoms with E-state index in [0.717, 1.165) is 0 Å². The molecule has 0 atom stereocenters. The van der Waals surface area contributed by atoms with Crippen LogP contribution < -0.4 is 0 Å². The van der Waals surface area contributed by atoms with Crippen LogP contribution in [0.25, 0.3) is 0 Å². The van der Waals surface area contributed by atoms with Gasteiger partial charge < -0.3 is 9.05 Å². The van der Waals surface area contributed by atoms with Crippen LogP contribution in [0.15, 0.2) is 36.4 Å². The van der Waals surface area contributed by atoms with E-state index >= 15 is 0 Å². The van der Waals surface area contributed by atoms with Gasteiger partial charge in [0.05, 0.1) is 19.4 Å². The Bertz CT molecular complexity index is 783. The Labute approximate surface area is 176 Å². The van der Waals surface area contributed by atoms with E-state index in [0.29, 0.717) is 20.9 Å². The van der Waals surface area contributed by atoms with Gasteiger partial charge in [-0.3, -0.25) is 4.57 Å². The summed E-state index contributed by atoms with van der Waals surface area (Å²) in [6.07, 6.45) is -0.110. The largest absolute Gasteiger partial charge is 0.335 e. The van der Waals surface area contributed by atoms with E-state index in [1.165, 1.54) is 30.3 Å². The maximum absolute atomic E-state index is 13.5. The molecule has 3 nitrogen and oxygen atoms in total. The number of halogens is 5. The van der Waals surface area contributed by atoms with Gasteiger partial charge >= 0.3 is 7.60 Å². The molecule has 0 radical (unpaired) electrons. The first kappa shape index (κ1) is 24.5. The van der Waals surface area contributed by atoms with Crippen LogP contribution in [0.2, 0.25) is 10.0 Å². The predicted molar refractivity (Wildman–Crippen MR) is 110 cm³/mol. The lowest BCUT2D eigenvalue weighted by Gasteiger charge is -2.17. The highest BCUT2D eigenvalue weighted by Crippen LogP contribution is 2.51. The van der Waals surface area contributed by atoms with Crippen molar-refractivity contribution in [1.82, 2.24) is 0 Å². The number of hydrogen-bond acceptors (Lipinski definition) is 3. The fourth-order valence-electron chi connectivity index (χ4n) is 2.04. The van der Waals surface area contributed by atoms with Crippen molar-refractivity contribution < 1.29 is 22.4 Å². The predicted octanol–water partition coefficient (Wildman–Crippen LogP) is 7.62. The highest BCUT2D eigenvalue weighted by atomic mass is 79.9. The van der Waals surface area contributed by atoms with Crippen molar-refractivity contribution in [3.63, 3.8) is 0 Å². The summed E-state index contributed by atoms with van der Waals surface area (Å²) in [4.78, 5) is 0. The molecule has 0 fully saturated rings. The quantitative estimate of drug-likeness (QED) is 0.288. The zero-order chi connectivity index (χ0) is 20.4. The Hall–Kier alpha value is -0.490. The molecule has 2 aromatic carbocycles. The lowest BCUT2D eigenvalue weighted by Crippen LogP contribution is -2.00. The van der Waals surface area contributed by atoms with Crippen LogP contribution in [-0.2, 0) is 25.1 Å². The van der Waals surface area contributed by atoms with Crippen LogP contribution in [0.5, 0.6) is 0 Å². The monoisotopic (exact) mass is 502 g/mol. The van der Waals surface area contributed by atoms with Crippen LogP contribution >= 0.6 is 46.7 Å². The van der Waals surface area contributed by atoms with Gasteiger partial charge in [-0.05, 0) is 55.8 Å². The molecule has 0 aromatic heterocycles. The summed E-state index contributed by atoms with van der Waals surface area (Å²) in [5.41, 5.74) is 0.829. The van der Waals surface area contributed by atoms with Gasteiger partial charge in [0, 0.05) is 20.9 Å². The fraction of sp³-hybridized carbons (Fsp3) is 0.333. The minimum absolute atomic E-state index is 0.110. The van der Waals surface area contributed by atoms with Gasteiger partial charge in [0.2, 0.25) is 0 Å². The Morgan fingerprint density at radius 2 is 1.37 bits per heavy atom. The first-order chi connectivity index (χ1) is 12.7. The Balaban J connectivity index is 0.000000309. The normalized spacial score (nSPS) is 11.1. The summed E-state index contributed by atoms with van der Waals surface area (Å²) in [5.74, 6) is -0.685. The standard InChI is InChI=1S/C11H15ClFO3P.C7H5BrClF/c1-3-15-17(14,16-4-2)8-9-7-10(12)5-6-11(9)13;8-4-5-3-6(9)1-2-7(5)10/h5-7H,3-4,8H2,1-2H3;1-3H,4H2. The molecular weight excluding hydrogens is 484 g/mol. The zero-order valence-corrected chi connectivity index (χ0v) is 18.8. The summed E-state index contributed by atoms with van der Waals surface area (Å²) in [6, 6.07) is 8.60. The van der Waals surface area contributed by atoms with Gasteiger partial charge in [-0.2, -0.15) is 0 Å². The average molecular weight is 504 g/mol. The molecule has 27 heavy (non-hydrogen) atoms. The first-order valence-electron chi connectivity index (χ1n) is 8.06. The third-order valence-electron chi connectivity index (χ3n) is 3.18. The molecule has 0 aliphatic heterocycles. The van der Waals surface area contributed by atoms with E-state index in [1.54, 1.807) is 19.9 Å². The summed E-state index contributed by atoms with van der Waals surface area (Å²) < 4.78 is 48.5. The van der Waals surface area contributed by atoms with Crippen LogP contribution in [-0.4, -0.2) is 13.2 Å². The molecule has 0 N–H and O–H groups in total. The third kappa shape index (κ3) is 8.59. The molecule has 2 aromatic rings. The van der Waals surface area contributed by atoms with Crippen molar-refractivity contribution in [3.05, 3.63) is 69.2 Å². The molecule has 0 amide bonds. The Morgan fingerprint density at radius 1 is 0.926 bits per heavy atom. The van der Waals surface area contributed by atoms with Crippen LogP contribution in [0, 0.1) is 11.6 Å². The molecular formula is C18H20BrCl2F2O3P.